The fraction of sp³-hybridized carbons (Fsp3) is 0.167. The molecule has 0 aliphatic rings. The molecule has 74 valence electrons. The Hall–Kier alpha value is -1.44. The van der Waals surface area contributed by atoms with E-state index in [9.17, 15) is 8.78 Å². The average molecular weight is 194 g/mol. The van der Waals surface area contributed by atoms with Crippen LogP contribution in [0.25, 0.3) is 6.08 Å². The van der Waals surface area contributed by atoms with Crippen LogP contribution in [0.15, 0.2) is 43.0 Å². The molecule has 0 N–H and O–H groups in total. The van der Waals surface area contributed by atoms with E-state index in [-0.39, 0.29) is 5.56 Å². The van der Waals surface area contributed by atoms with Crippen LogP contribution in [0.1, 0.15) is 18.1 Å². The maximum absolute atomic E-state index is 12.9. The highest BCUT2D eigenvalue weighted by molar-refractivity contribution is 5.52. The van der Waals surface area contributed by atoms with Gasteiger partial charge >= 0.3 is 0 Å². The van der Waals surface area contributed by atoms with Gasteiger partial charge in [0.25, 0.3) is 5.92 Å². The van der Waals surface area contributed by atoms with E-state index in [1.807, 2.05) is 0 Å². The van der Waals surface area contributed by atoms with Crippen molar-refractivity contribution in [3.8, 4) is 0 Å². The van der Waals surface area contributed by atoms with Gasteiger partial charge in [-0.1, -0.05) is 43.0 Å². The van der Waals surface area contributed by atoms with Gasteiger partial charge in [0, 0.05) is 12.5 Å². The standard InChI is InChI=1S/C12H12F2/c1-3-4-6-10-7-5-8-11(9-10)12(2,13)14/h3-9H,1H2,2H3/b6-4+. The summed E-state index contributed by atoms with van der Waals surface area (Å²) in [5.41, 5.74) is 0.785. The number of allylic oxidation sites excluding steroid dienone is 2. The molecule has 0 spiro atoms. The van der Waals surface area contributed by atoms with E-state index >= 15 is 0 Å². The lowest BCUT2D eigenvalue weighted by Gasteiger charge is -2.10. The Kier molecular flexibility index (Phi) is 3.18. The largest absolute Gasteiger partial charge is 0.270 e. The van der Waals surface area contributed by atoms with E-state index < -0.39 is 5.92 Å². The summed E-state index contributed by atoms with van der Waals surface area (Å²) < 4.78 is 25.8. The molecular weight excluding hydrogens is 182 g/mol. The minimum absolute atomic E-state index is 0.0312. The van der Waals surface area contributed by atoms with Crippen molar-refractivity contribution in [3.05, 3.63) is 54.1 Å². The lowest BCUT2D eigenvalue weighted by Crippen LogP contribution is -2.06. The normalized spacial score (nSPS) is 11.9. The van der Waals surface area contributed by atoms with E-state index in [2.05, 4.69) is 6.58 Å². The zero-order chi connectivity index (χ0) is 10.6. The minimum Gasteiger partial charge on any atom is -0.202 e. The summed E-state index contributed by atoms with van der Waals surface area (Å²) in [7, 11) is 0. The number of hydrogen-bond acceptors (Lipinski definition) is 0. The summed E-state index contributed by atoms with van der Waals surface area (Å²) in [4.78, 5) is 0. The topological polar surface area (TPSA) is 0 Å². The summed E-state index contributed by atoms with van der Waals surface area (Å²) in [5.74, 6) is -2.78. The van der Waals surface area contributed by atoms with Gasteiger partial charge in [-0.05, 0) is 11.6 Å². The highest BCUT2D eigenvalue weighted by Gasteiger charge is 2.23. The highest BCUT2D eigenvalue weighted by atomic mass is 19.3. The van der Waals surface area contributed by atoms with Crippen LogP contribution in [0.2, 0.25) is 0 Å². The van der Waals surface area contributed by atoms with Crippen LogP contribution in [-0.2, 0) is 5.92 Å². The molecule has 0 aromatic heterocycles. The van der Waals surface area contributed by atoms with Gasteiger partial charge in [0.1, 0.15) is 0 Å². The van der Waals surface area contributed by atoms with Crippen molar-refractivity contribution < 1.29 is 8.78 Å². The molecule has 0 aliphatic carbocycles. The Bertz CT molecular complexity index is 346. The lowest BCUT2D eigenvalue weighted by atomic mass is 10.1. The molecule has 14 heavy (non-hydrogen) atoms. The lowest BCUT2D eigenvalue weighted by molar-refractivity contribution is 0.0174. The van der Waals surface area contributed by atoms with Gasteiger partial charge in [-0.15, -0.1) is 0 Å². The van der Waals surface area contributed by atoms with Crippen molar-refractivity contribution in [2.24, 2.45) is 0 Å². The molecule has 0 fully saturated rings. The van der Waals surface area contributed by atoms with E-state index in [1.165, 1.54) is 12.1 Å². The second-order valence-corrected chi connectivity index (χ2v) is 3.11. The van der Waals surface area contributed by atoms with Crippen LogP contribution in [0.5, 0.6) is 0 Å². The minimum atomic E-state index is -2.78. The first kappa shape index (κ1) is 10.6. The molecule has 2 heteroatoms. The number of benzene rings is 1. The van der Waals surface area contributed by atoms with Gasteiger partial charge < -0.3 is 0 Å². The average Bonchev–Trinajstić information content (AvgIpc) is 2.14. The van der Waals surface area contributed by atoms with Gasteiger partial charge in [-0.2, -0.15) is 0 Å². The van der Waals surface area contributed by atoms with Gasteiger partial charge in [-0.3, -0.25) is 0 Å². The summed E-state index contributed by atoms with van der Waals surface area (Å²) >= 11 is 0. The van der Waals surface area contributed by atoms with Crippen LogP contribution in [0, 0.1) is 0 Å². The Morgan fingerprint density at radius 1 is 1.36 bits per heavy atom. The smallest absolute Gasteiger partial charge is 0.202 e. The van der Waals surface area contributed by atoms with Crippen molar-refractivity contribution in [1.29, 1.82) is 0 Å². The summed E-state index contributed by atoms with van der Waals surface area (Å²) in [5, 5.41) is 0. The fourth-order valence-corrected chi connectivity index (χ4v) is 1.09. The number of hydrogen-bond donors (Lipinski definition) is 0. The molecule has 0 saturated heterocycles. The van der Waals surface area contributed by atoms with Crippen LogP contribution in [0.3, 0.4) is 0 Å². The van der Waals surface area contributed by atoms with Gasteiger partial charge in [0.2, 0.25) is 0 Å². The molecule has 1 rings (SSSR count). The fourth-order valence-electron chi connectivity index (χ4n) is 1.09. The third kappa shape index (κ3) is 2.80. The van der Waals surface area contributed by atoms with E-state index in [1.54, 1.807) is 30.4 Å². The van der Waals surface area contributed by atoms with Gasteiger partial charge in [0.05, 0.1) is 0 Å². The van der Waals surface area contributed by atoms with Crippen LogP contribution >= 0.6 is 0 Å². The molecular formula is C12H12F2. The second kappa shape index (κ2) is 4.18. The van der Waals surface area contributed by atoms with E-state index in [0.717, 1.165) is 12.5 Å². The Labute approximate surface area is 82.6 Å². The molecule has 0 nitrogen and oxygen atoms in total. The molecule has 1 aromatic carbocycles. The van der Waals surface area contributed by atoms with Gasteiger partial charge in [-0.25, -0.2) is 8.78 Å². The first-order chi connectivity index (χ1) is 6.54. The molecule has 0 unspecified atom stereocenters. The third-order valence-electron chi connectivity index (χ3n) is 1.82. The Morgan fingerprint density at radius 3 is 2.64 bits per heavy atom. The van der Waals surface area contributed by atoms with Gasteiger partial charge in [0.15, 0.2) is 0 Å². The summed E-state index contributed by atoms with van der Waals surface area (Å²) in [6, 6.07) is 6.29. The third-order valence-corrected chi connectivity index (χ3v) is 1.82. The van der Waals surface area contributed by atoms with Crippen molar-refractivity contribution in [1.82, 2.24) is 0 Å². The quantitative estimate of drug-likeness (QED) is 0.638. The SMILES string of the molecule is C=C/C=C/c1cccc(C(C)(F)F)c1. The Balaban J connectivity index is 3.01. The summed E-state index contributed by atoms with van der Waals surface area (Å²) in [6.45, 7) is 4.40. The molecule has 0 heterocycles. The first-order valence-electron chi connectivity index (χ1n) is 4.31. The first-order valence-corrected chi connectivity index (χ1v) is 4.31. The van der Waals surface area contributed by atoms with Crippen molar-refractivity contribution >= 4 is 6.08 Å². The summed E-state index contributed by atoms with van der Waals surface area (Å²) in [6.07, 6.45) is 5.06. The molecule has 0 radical (unpaired) electrons. The zero-order valence-corrected chi connectivity index (χ0v) is 8.00. The number of halogens is 2. The van der Waals surface area contributed by atoms with Crippen LogP contribution in [-0.4, -0.2) is 0 Å². The molecule has 1 aromatic rings. The number of rotatable bonds is 3. The monoisotopic (exact) mass is 194 g/mol. The molecule has 0 atom stereocenters. The van der Waals surface area contributed by atoms with E-state index in [0.29, 0.717) is 0 Å². The Morgan fingerprint density at radius 2 is 2.07 bits per heavy atom. The molecule has 0 amide bonds. The predicted octanol–water partition coefficient (Wildman–Crippen LogP) is 4.00. The second-order valence-electron chi connectivity index (χ2n) is 3.11. The predicted molar refractivity (Wildman–Crippen MR) is 55.2 cm³/mol. The van der Waals surface area contributed by atoms with E-state index in [4.69, 9.17) is 0 Å². The van der Waals surface area contributed by atoms with Crippen LogP contribution < -0.4 is 0 Å². The zero-order valence-electron chi connectivity index (χ0n) is 8.00. The van der Waals surface area contributed by atoms with Crippen molar-refractivity contribution in [3.63, 3.8) is 0 Å². The van der Waals surface area contributed by atoms with Crippen molar-refractivity contribution in [2.45, 2.75) is 12.8 Å². The molecule has 0 aliphatic heterocycles. The van der Waals surface area contributed by atoms with Crippen molar-refractivity contribution in [2.75, 3.05) is 0 Å². The van der Waals surface area contributed by atoms with Crippen LogP contribution in [0.4, 0.5) is 8.78 Å². The molecule has 0 bridgehead atoms. The maximum atomic E-state index is 12.9. The highest BCUT2D eigenvalue weighted by Crippen LogP contribution is 2.27. The maximum Gasteiger partial charge on any atom is 0.270 e. The number of alkyl halides is 2. The molecule has 0 saturated carbocycles.